The minimum Gasteiger partial charge on any atom is -1.00 e. The Balaban J connectivity index is 0.00000208. The first-order valence-electron chi connectivity index (χ1n) is 7.90. The quantitative estimate of drug-likeness (QED) is 0.706. The van der Waals surface area contributed by atoms with Crippen molar-refractivity contribution in [3.05, 3.63) is 102 Å². The van der Waals surface area contributed by atoms with Crippen LogP contribution in [-0.2, 0) is 19.7 Å². The molecule has 0 aliphatic rings. The lowest BCUT2D eigenvalue weighted by Gasteiger charge is -2.08. The SMILES string of the molecule is [Cl-].c1ccc(CNCc2ccc(OCc3ccccc3)cc2)cc1. The molecular weight excluding hydrogens is 318 g/mol. The van der Waals surface area contributed by atoms with E-state index >= 15 is 0 Å². The zero-order valence-corrected chi connectivity index (χ0v) is 14.2. The molecule has 3 rings (SSSR count). The van der Waals surface area contributed by atoms with Crippen molar-refractivity contribution >= 4 is 0 Å². The third-order valence-electron chi connectivity index (χ3n) is 3.67. The fraction of sp³-hybridized carbons (Fsp3) is 0.143. The number of rotatable bonds is 7. The summed E-state index contributed by atoms with van der Waals surface area (Å²) in [4.78, 5) is 0. The van der Waals surface area contributed by atoms with E-state index in [4.69, 9.17) is 4.74 Å². The second-order valence-electron chi connectivity index (χ2n) is 5.51. The van der Waals surface area contributed by atoms with Gasteiger partial charge in [0.25, 0.3) is 0 Å². The topological polar surface area (TPSA) is 21.3 Å². The Morgan fingerprint density at radius 2 is 1.08 bits per heavy atom. The van der Waals surface area contributed by atoms with Crippen LogP contribution in [0.1, 0.15) is 16.7 Å². The molecule has 1 N–H and O–H groups in total. The molecule has 0 spiro atoms. The smallest absolute Gasteiger partial charge is 0.119 e. The van der Waals surface area contributed by atoms with E-state index < -0.39 is 0 Å². The van der Waals surface area contributed by atoms with E-state index in [1.165, 1.54) is 16.7 Å². The Labute approximate surface area is 149 Å². The molecule has 3 aromatic carbocycles. The molecule has 0 aliphatic heterocycles. The fourth-order valence-electron chi connectivity index (χ4n) is 2.39. The van der Waals surface area contributed by atoms with Crippen LogP contribution in [0.2, 0.25) is 0 Å². The predicted molar refractivity (Wildman–Crippen MR) is 94.2 cm³/mol. The van der Waals surface area contributed by atoms with Gasteiger partial charge < -0.3 is 22.5 Å². The second-order valence-corrected chi connectivity index (χ2v) is 5.51. The molecule has 0 saturated heterocycles. The van der Waals surface area contributed by atoms with Gasteiger partial charge in [0.2, 0.25) is 0 Å². The summed E-state index contributed by atoms with van der Waals surface area (Å²) in [5.41, 5.74) is 3.74. The van der Waals surface area contributed by atoms with E-state index in [9.17, 15) is 0 Å². The zero-order valence-electron chi connectivity index (χ0n) is 13.5. The second kappa shape index (κ2) is 9.76. The molecule has 3 aromatic rings. The summed E-state index contributed by atoms with van der Waals surface area (Å²) in [6.07, 6.45) is 0. The first kappa shape index (κ1) is 18.1. The molecule has 0 unspecified atom stereocenters. The average molecular weight is 339 g/mol. The van der Waals surface area contributed by atoms with Gasteiger partial charge in [-0.25, -0.2) is 0 Å². The van der Waals surface area contributed by atoms with Crippen molar-refractivity contribution in [2.45, 2.75) is 19.7 Å². The molecule has 3 heteroatoms. The first-order valence-corrected chi connectivity index (χ1v) is 7.90. The Bertz CT molecular complexity index is 699. The molecule has 24 heavy (non-hydrogen) atoms. The van der Waals surface area contributed by atoms with E-state index in [0.29, 0.717) is 6.61 Å². The Kier molecular flexibility index (Phi) is 7.34. The van der Waals surface area contributed by atoms with Crippen molar-refractivity contribution < 1.29 is 17.1 Å². The third kappa shape index (κ3) is 5.73. The van der Waals surface area contributed by atoms with Gasteiger partial charge in [0.1, 0.15) is 12.4 Å². The van der Waals surface area contributed by atoms with Gasteiger partial charge in [0, 0.05) is 13.1 Å². The molecule has 2 nitrogen and oxygen atoms in total. The van der Waals surface area contributed by atoms with Gasteiger partial charge in [-0.1, -0.05) is 72.8 Å². The van der Waals surface area contributed by atoms with E-state index in [2.05, 4.69) is 53.8 Å². The molecule has 124 valence electrons. The maximum Gasteiger partial charge on any atom is 0.119 e. The minimum atomic E-state index is 0. The standard InChI is InChI=1S/C21H21NO.ClH/c1-3-7-18(8-4-1)15-22-16-19-11-13-21(14-12-19)23-17-20-9-5-2-6-10-20;/h1-14,22H,15-17H2;1H/p-1. The van der Waals surface area contributed by atoms with Crippen LogP contribution in [0.5, 0.6) is 5.75 Å². The lowest BCUT2D eigenvalue weighted by atomic mass is 10.2. The van der Waals surface area contributed by atoms with Crippen molar-refractivity contribution in [1.82, 2.24) is 5.32 Å². The summed E-state index contributed by atoms with van der Waals surface area (Å²) in [7, 11) is 0. The van der Waals surface area contributed by atoms with Crippen LogP contribution in [0.3, 0.4) is 0 Å². The molecular formula is C21H21ClNO-. The van der Waals surface area contributed by atoms with Gasteiger partial charge in [-0.05, 0) is 28.8 Å². The molecule has 0 aliphatic carbocycles. The summed E-state index contributed by atoms with van der Waals surface area (Å²) >= 11 is 0. The fourth-order valence-corrected chi connectivity index (χ4v) is 2.39. The number of hydrogen-bond donors (Lipinski definition) is 1. The third-order valence-corrected chi connectivity index (χ3v) is 3.67. The average Bonchev–Trinajstić information content (AvgIpc) is 2.63. The number of hydrogen-bond acceptors (Lipinski definition) is 2. The van der Waals surface area contributed by atoms with Gasteiger partial charge in [-0.2, -0.15) is 0 Å². The van der Waals surface area contributed by atoms with E-state index in [-0.39, 0.29) is 12.4 Å². The summed E-state index contributed by atoms with van der Waals surface area (Å²) in [6, 6.07) is 28.9. The normalized spacial score (nSPS) is 10.0. The lowest BCUT2D eigenvalue weighted by molar-refractivity contribution is -0.00000499. The van der Waals surface area contributed by atoms with Crippen molar-refractivity contribution in [3.8, 4) is 5.75 Å². The number of nitrogens with one attached hydrogen (secondary N) is 1. The largest absolute Gasteiger partial charge is 1.00 e. The summed E-state index contributed by atoms with van der Waals surface area (Å²) < 4.78 is 5.80. The van der Waals surface area contributed by atoms with Gasteiger partial charge >= 0.3 is 0 Å². The Morgan fingerprint density at radius 3 is 1.67 bits per heavy atom. The first-order chi connectivity index (χ1) is 11.4. The van der Waals surface area contributed by atoms with Gasteiger partial charge in [-0.15, -0.1) is 0 Å². The van der Waals surface area contributed by atoms with Crippen LogP contribution in [0.15, 0.2) is 84.9 Å². The van der Waals surface area contributed by atoms with Crippen LogP contribution < -0.4 is 22.5 Å². The van der Waals surface area contributed by atoms with Crippen LogP contribution >= 0.6 is 0 Å². The number of benzene rings is 3. The summed E-state index contributed by atoms with van der Waals surface area (Å²) in [5, 5.41) is 3.45. The van der Waals surface area contributed by atoms with Crippen LogP contribution in [0.4, 0.5) is 0 Å². The highest BCUT2D eigenvalue weighted by Gasteiger charge is 1.98. The molecule has 0 radical (unpaired) electrons. The van der Waals surface area contributed by atoms with Gasteiger partial charge in [0.15, 0.2) is 0 Å². The van der Waals surface area contributed by atoms with Crippen LogP contribution in [0, 0.1) is 0 Å². The Morgan fingerprint density at radius 1 is 0.583 bits per heavy atom. The van der Waals surface area contributed by atoms with Crippen LogP contribution in [-0.4, -0.2) is 0 Å². The molecule has 0 bridgehead atoms. The maximum absolute atomic E-state index is 5.80. The van der Waals surface area contributed by atoms with Crippen molar-refractivity contribution in [2.75, 3.05) is 0 Å². The molecule has 0 amide bonds. The molecule has 0 aromatic heterocycles. The van der Waals surface area contributed by atoms with Gasteiger partial charge in [-0.3, -0.25) is 0 Å². The minimum absolute atomic E-state index is 0. The van der Waals surface area contributed by atoms with Crippen molar-refractivity contribution in [3.63, 3.8) is 0 Å². The predicted octanol–water partition coefficient (Wildman–Crippen LogP) is 1.56. The number of halogens is 1. The summed E-state index contributed by atoms with van der Waals surface area (Å²) in [6.45, 7) is 2.34. The molecule has 0 heterocycles. The van der Waals surface area contributed by atoms with Crippen LogP contribution in [0.25, 0.3) is 0 Å². The summed E-state index contributed by atoms with van der Waals surface area (Å²) in [5.74, 6) is 0.903. The maximum atomic E-state index is 5.80. The van der Waals surface area contributed by atoms with Crippen molar-refractivity contribution in [1.29, 1.82) is 0 Å². The Hall–Kier alpha value is -2.29. The molecule has 0 atom stereocenters. The van der Waals surface area contributed by atoms with Gasteiger partial charge in [0.05, 0.1) is 0 Å². The lowest BCUT2D eigenvalue weighted by Crippen LogP contribution is -3.00. The highest BCUT2D eigenvalue weighted by Crippen LogP contribution is 2.14. The van der Waals surface area contributed by atoms with E-state index in [1.54, 1.807) is 0 Å². The van der Waals surface area contributed by atoms with E-state index in [1.807, 2.05) is 36.4 Å². The monoisotopic (exact) mass is 338 g/mol. The van der Waals surface area contributed by atoms with Crippen molar-refractivity contribution in [2.24, 2.45) is 0 Å². The molecule has 0 fully saturated rings. The zero-order chi connectivity index (χ0) is 15.7. The highest BCUT2D eigenvalue weighted by molar-refractivity contribution is 5.28. The molecule has 0 saturated carbocycles. The highest BCUT2D eigenvalue weighted by atomic mass is 35.5. The number of ether oxygens (including phenoxy) is 1. The van der Waals surface area contributed by atoms with E-state index in [0.717, 1.165) is 18.8 Å².